The van der Waals surface area contributed by atoms with Gasteiger partial charge in [0, 0.05) is 67.6 Å². The van der Waals surface area contributed by atoms with Crippen molar-refractivity contribution < 1.29 is 22.8 Å². The number of nitrogens with one attached hydrogen (secondary N) is 2. The number of aromatic nitrogens is 3. The molecule has 4 N–H and O–H groups in total. The number of nitrogens with zero attached hydrogens (tertiary/aromatic N) is 6. The number of fused-ring (bicyclic) bond motifs is 3. The molecule has 3 aliphatic heterocycles. The molecule has 52 heavy (non-hydrogen) atoms. The molecule has 16 heteroatoms. The van der Waals surface area contributed by atoms with Gasteiger partial charge in [0.15, 0.2) is 0 Å². The Balaban J connectivity index is 1.06. The molecule has 0 saturated carbocycles. The first kappa shape index (κ1) is 36.2. The molecule has 2 aromatic heterocycles. The summed E-state index contributed by atoms with van der Waals surface area (Å²) in [6, 6.07) is 8.70. The van der Waals surface area contributed by atoms with Gasteiger partial charge < -0.3 is 30.7 Å². The first-order valence-corrected chi connectivity index (χ1v) is 18.6. The Bertz CT molecular complexity index is 2010. The number of H-pyrrole nitrogens is 1. The van der Waals surface area contributed by atoms with Crippen LogP contribution in [0.3, 0.4) is 0 Å². The van der Waals surface area contributed by atoms with Crippen LogP contribution in [-0.4, -0.2) is 118 Å². The van der Waals surface area contributed by atoms with Crippen molar-refractivity contribution in [1.29, 1.82) is 0 Å². The minimum Gasteiger partial charge on any atom is -0.397 e. The van der Waals surface area contributed by atoms with E-state index in [1.807, 2.05) is 24.3 Å². The number of pyridine rings is 1. The molecule has 3 fully saturated rings. The van der Waals surface area contributed by atoms with E-state index in [1.165, 1.54) is 6.07 Å². The van der Waals surface area contributed by atoms with Crippen molar-refractivity contribution in [3.05, 3.63) is 68.7 Å². The number of rotatable bonds is 6. The number of piperidine rings is 2. The number of hydrogen-bond donors (Lipinski definition) is 3. The lowest BCUT2D eigenvalue weighted by Gasteiger charge is -2.43. The van der Waals surface area contributed by atoms with Gasteiger partial charge >= 0.3 is 17.9 Å². The number of para-hydroxylation sites is 1. The van der Waals surface area contributed by atoms with Crippen LogP contribution in [0.5, 0.6) is 0 Å². The van der Waals surface area contributed by atoms with Gasteiger partial charge in [0.25, 0.3) is 0 Å². The number of urea groups is 1. The number of imidazole rings is 1. The summed E-state index contributed by atoms with van der Waals surface area (Å²) < 4.78 is 43.4. The maximum atomic E-state index is 14.1. The fourth-order valence-electron chi connectivity index (χ4n) is 8.00. The Hall–Kier alpha value is -4.15. The molecule has 3 amide bonds. The fraction of sp³-hybridized carbons (Fsp3) is 0.500. The predicted octanol–water partition coefficient (Wildman–Crippen LogP) is 4.44. The number of benzene rings is 2. The Morgan fingerprint density at radius 2 is 1.65 bits per heavy atom. The van der Waals surface area contributed by atoms with Gasteiger partial charge in [0.1, 0.15) is 6.04 Å². The number of nitrogens with two attached hydrogens (primary N) is 1. The van der Waals surface area contributed by atoms with Crippen molar-refractivity contribution >= 4 is 55.5 Å². The van der Waals surface area contributed by atoms with Gasteiger partial charge in [-0.1, -0.05) is 18.2 Å². The molecular weight excluding hydrogens is 743 g/mol. The molecule has 2 aromatic carbocycles. The van der Waals surface area contributed by atoms with Crippen LogP contribution in [0.2, 0.25) is 0 Å². The Labute approximate surface area is 307 Å². The molecule has 0 bridgehead atoms. The van der Waals surface area contributed by atoms with Gasteiger partial charge in [0.05, 0.1) is 34.0 Å². The number of halogens is 4. The number of piperazine rings is 1. The summed E-state index contributed by atoms with van der Waals surface area (Å²) in [4.78, 5) is 56.6. The maximum Gasteiger partial charge on any atom is 0.418 e. The Morgan fingerprint density at radius 3 is 2.35 bits per heavy atom. The fourth-order valence-corrected chi connectivity index (χ4v) is 8.51. The minimum absolute atomic E-state index is 0.0689. The highest BCUT2D eigenvalue weighted by molar-refractivity contribution is 9.10. The Kier molecular flexibility index (Phi) is 10.2. The number of amides is 3. The normalized spacial score (nSPS) is 19.4. The van der Waals surface area contributed by atoms with Crippen LogP contribution in [0.25, 0.3) is 21.9 Å². The number of alkyl halides is 3. The molecule has 0 unspecified atom stereocenters. The minimum atomic E-state index is -4.70. The summed E-state index contributed by atoms with van der Waals surface area (Å²) in [7, 11) is 2.12. The van der Waals surface area contributed by atoms with Crippen molar-refractivity contribution in [1.82, 2.24) is 39.5 Å². The van der Waals surface area contributed by atoms with Crippen LogP contribution in [0.4, 0.5) is 23.7 Å². The van der Waals surface area contributed by atoms with Crippen molar-refractivity contribution in [2.75, 3.05) is 65.1 Å². The highest BCUT2D eigenvalue weighted by Gasteiger charge is 2.37. The molecule has 1 atom stereocenters. The van der Waals surface area contributed by atoms with E-state index >= 15 is 0 Å². The number of hydrogen-bond acceptors (Lipinski definition) is 7. The van der Waals surface area contributed by atoms with E-state index in [0.29, 0.717) is 69.2 Å². The lowest BCUT2D eigenvalue weighted by atomic mass is 10.00. The number of carbonyl (C=O) groups excluding carboxylic acids is 2. The summed E-state index contributed by atoms with van der Waals surface area (Å²) in [6.45, 7) is 5.00. The molecule has 0 radical (unpaired) electrons. The molecule has 3 aliphatic rings. The quantitative estimate of drug-likeness (QED) is 0.246. The molecule has 5 heterocycles. The number of carbonyl (C=O) groups is 2. The van der Waals surface area contributed by atoms with Gasteiger partial charge in [-0.2, -0.15) is 13.2 Å². The average molecular weight is 787 g/mol. The molecule has 278 valence electrons. The third-order valence-corrected chi connectivity index (χ3v) is 11.6. The van der Waals surface area contributed by atoms with Gasteiger partial charge in [0.2, 0.25) is 5.91 Å². The number of anilines is 1. The molecule has 0 spiro atoms. The molecule has 0 aliphatic carbocycles. The lowest BCUT2D eigenvalue weighted by molar-refractivity contribution is -0.137. The van der Waals surface area contributed by atoms with Crippen LogP contribution in [0.15, 0.2) is 51.9 Å². The largest absolute Gasteiger partial charge is 0.418 e. The van der Waals surface area contributed by atoms with Gasteiger partial charge in [-0.15, -0.1) is 0 Å². The third kappa shape index (κ3) is 7.37. The third-order valence-electron chi connectivity index (χ3n) is 10.9. The Morgan fingerprint density at radius 1 is 0.981 bits per heavy atom. The van der Waals surface area contributed by atoms with Crippen LogP contribution >= 0.6 is 15.9 Å². The maximum absolute atomic E-state index is 14.1. The van der Waals surface area contributed by atoms with E-state index in [1.54, 1.807) is 20.6 Å². The molecule has 12 nitrogen and oxygen atoms in total. The average Bonchev–Trinajstić information content (AvgIpc) is 3.48. The van der Waals surface area contributed by atoms with Crippen LogP contribution in [0.1, 0.15) is 42.9 Å². The first-order valence-electron chi connectivity index (χ1n) is 17.8. The SMILES string of the molecule is CN1CCC(N2CCN(C(=O)[C@@H](Cc3cc(Br)c(N)c(C(F)(F)F)c3)NC(=O)N3CCC(n4c(=O)[nH]c5c6ccccc6ncc54)CC3)CC2)CC1. The zero-order chi connectivity index (χ0) is 36.7. The predicted molar refractivity (Wildman–Crippen MR) is 196 cm³/mol. The van der Waals surface area contributed by atoms with Crippen LogP contribution in [0, 0.1) is 0 Å². The summed E-state index contributed by atoms with van der Waals surface area (Å²) in [5.41, 5.74) is 6.49. The van der Waals surface area contributed by atoms with E-state index in [2.05, 4.69) is 48.1 Å². The van der Waals surface area contributed by atoms with Crippen molar-refractivity contribution in [2.24, 2.45) is 0 Å². The van der Waals surface area contributed by atoms with Gasteiger partial charge in [-0.05, 0) is 85.5 Å². The van der Waals surface area contributed by atoms with Crippen molar-refractivity contribution in [3.63, 3.8) is 0 Å². The van der Waals surface area contributed by atoms with Crippen molar-refractivity contribution in [2.45, 2.75) is 56.4 Å². The number of nitrogen functional groups attached to an aromatic ring is 1. The highest BCUT2D eigenvalue weighted by Crippen LogP contribution is 2.38. The van der Waals surface area contributed by atoms with Crippen molar-refractivity contribution in [3.8, 4) is 0 Å². The van der Waals surface area contributed by atoms with E-state index < -0.39 is 29.5 Å². The smallest absolute Gasteiger partial charge is 0.397 e. The first-order chi connectivity index (χ1) is 24.9. The van der Waals surface area contributed by atoms with E-state index in [4.69, 9.17) is 5.73 Å². The van der Waals surface area contributed by atoms with Crippen LogP contribution in [-0.2, 0) is 17.4 Å². The molecular formula is C36H43BrF3N9O3. The zero-order valence-electron chi connectivity index (χ0n) is 29.0. The van der Waals surface area contributed by atoms with E-state index in [0.717, 1.165) is 42.9 Å². The topological polar surface area (TPSA) is 136 Å². The lowest BCUT2D eigenvalue weighted by Crippen LogP contribution is -2.59. The number of aromatic amines is 1. The van der Waals surface area contributed by atoms with Gasteiger partial charge in [-0.3, -0.25) is 19.2 Å². The summed E-state index contributed by atoms with van der Waals surface area (Å²) in [6.07, 6.45) is -0.0425. The molecule has 4 aromatic rings. The van der Waals surface area contributed by atoms with E-state index in [9.17, 15) is 27.6 Å². The monoisotopic (exact) mass is 785 g/mol. The zero-order valence-corrected chi connectivity index (χ0v) is 30.5. The number of likely N-dealkylation sites (tertiary alicyclic amines) is 2. The highest BCUT2D eigenvalue weighted by atomic mass is 79.9. The second kappa shape index (κ2) is 14.7. The molecule has 7 rings (SSSR count). The standard InChI is InChI=1S/C36H43BrF3N9O3/c1-45-10-6-23(7-11-45)46-14-16-47(17-15-46)33(50)29(20-22-18-26(36(38,39)40)31(41)27(37)19-22)43-34(51)48-12-8-24(9-13-48)49-30-21-42-28-5-3-2-4-25(28)32(30)44-35(49)52/h2-5,18-19,21,23-24,29H,6-17,20,41H2,1H3,(H,43,51)(H,44,52)/t29-/m1/s1. The second-order valence-corrected chi connectivity index (χ2v) is 15.0. The summed E-state index contributed by atoms with van der Waals surface area (Å²) >= 11 is 3.15. The summed E-state index contributed by atoms with van der Waals surface area (Å²) in [5, 5.41) is 3.73. The van der Waals surface area contributed by atoms with Gasteiger partial charge in [-0.25, -0.2) is 9.59 Å². The van der Waals surface area contributed by atoms with E-state index in [-0.39, 0.29) is 34.1 Å². The van der Waals surface area contributed by atoms with Crippen LogP contribution < -0.4 is 16.7 Å². The summed E-state index contributed by atoms with van der Waals surface area (Å²) in [5.74, 6) is -0.335. The second-order valence-electron chi connectivity index (χ2n) is 14.2. The molecule has 3 saturated heterocycles.